The number of carbonyl (C=O) groups is 4. The van der Waals surface area contributed by atoms with Crippen molar-refractivity contribution in [1.82, 2.24) is 16.1 Å². The lowest BCUT2D eigenvalue weighted by molar-refractivity contribution is -0.141. The Morgan fingerprint density at radius 2 is 1.41 bits per heavy atom. The zero-order valence-electron chi connectivity index (χ0n) is 18.2. The first-order valence-electron chi connectivity index (χ1n) is 10.3. The number of hydrogen-bond donors (Lipinski definition) is 6. The molecule has 0 heterocycles. The summed E-state index contributed by atoms with van der Waals surface area (Å²) < 4.78 is 0. The van der Waals surface area contributed by atoms with Crippen molar-refractivity contribution in [2.75, 3.05) is 0 Å². The molecule has 2 rings (SSSR count). The number of aliphatic carboxylic acids is 1. The van der Waals surface area contributed by atoms with E-state index in [1.807, 2.05) is 24.3 Å². The number of hydrogen-bond acceptors (Lipinski definition) is 6. The van der Waals surface area contributed by atoms with E-state index in [1.165, 1.54) is 18.0 Å². The Balaban J connectivity index is 0.00000578. The van der Waals surface area contributed by atoms with Crippen LogP contribution in [0.2, 0.25) is 0 Å². The van der Waals surface area contributed by atoms with Gasteiger partial charge in [-0.05, 0) is 42.2 Å². The van der Waals surface area contributed by atoms with Crippen LogP contribution >= 0.6 is 0 Å². The first-order valence-corrected chi connectivity index (χ1v) is 10.3. The molecule has 3 atom stereocenters. The number of nitrogens with one attached hydrogen (secondary N) is 3. The Bertz CT molecular complexity index is 989. The smallest absolute Gasteiger partial charge is 0.305 e. The molecule has 184 valence electrons. The molecule has 2 aromatic carbocycles. The standard InChI is InChI=1S/C23H27N3O7.CH4/c1-3-14-4-6-15(7-5-14)16-8-10-17(11-9-16)21(30)24-18(12-19(28)29)22(31)25-20(13(2)27)23(32)26-33;/h4-11,13,18,20,27,33H,3,12H2,1-2H3,(H,24,30)(H,25,31)(H,26,32)(H,28,29);1H4/t13-,18+,20+;/m1./s1. The van der Waals surface area contributed by atoms with Gasteiger partial charge in [-0.15, -0.1) is 0 Å². The van der Waals surface area contributed by atoms with E-state index in [1.54, 1.807) is 24.3 Å². The van der Waals surface area contributed by atoms with Crippen molar-refractivity contribution >= 4 is 23.7 Å². The third kappa shape index (κ3) is 7.68. The molecule has 0 bridgehead atoms. The van der Waals surface area contributed by atoms with E-state index < -0.39 is 48.3 Å². The summed E-state index contributed by atoms with van der Waals surface area (Å²) >= 11 is 0. The third-order valence-corrected chi connectivity index (χ3v) is 5.02. The van der Waals surface area contributed by atoms with E-state index >= 15 is 0 Å². The Morgan fingerprint density at radius 3 is 1.85 bits per heavy atom. The second-order valence-electron chi connectivity index (χ2n) is 7.45. The molecule has 34 heavy (non-hydrogen) atoms. The van der Waals surface area contributed by atoms with Crippen LogP contribution < -0.4 is 16.1 Å². The molecule has 0 aliphatic carbocycles. The lowest BCUT2D eigenvalue weighted by atomic mass is 10.0. The van der Waals surface area contributed by atoms with E-state index in [0.29, 0.717) is 0 Å². The largest absolute Gasteiger partial charge is 0.481 e. The molecule has 0 fully saturated rings. The molecule has 0 aliphatic heterocycles. The highest BCUT2D eigenvalue weighted by molar-refractivity contribution is 5.99. The minimum absolute atomic E-state index is 0. The molecule has 6 N–H and O–H groups in total. The summed E-state index contributed by atoms with van der Waals surface area (Å²) in [4.78, 5) is 48.0. The van der Waals surface area contributed by atoms with Crippen molar-refractivity contribution in [2.45, 2.75) is 52.3 Å². The van der Waals surface area contributed by atoms with Gasteiger partial charge in [-0.3, -0.25) is 24.4 Å². The first kappa shape index (κ1) is 28.3. The Hall–Kier alpha value is -3.76. The van der Waals surface area contributed by atoms with Crippen molar-refractivity contribution in [3.05, 3.63) is 59.7 Å². The molecule has 3 amide bonds. The molecule has 2 aromatic rings. The van der Waals surface area contributed by atoms with Crippen molar-refractivity contribution in [3.8, 4) is 11.1 Å². The van der Waals surface area contributed by atoms with Crippen LogP contribution in [0.1, 0.15) is 43.6 Å². The first-order chi connectivity index (χ1) is 15.7. The highest BCUT2D eigenvalue weighted by atomic mass is 16.5. The second kappa shape index (κ2) is 13.1. The quantitative estimate of drug-likeness (QED) is 0.225. The normalized spacial score (nSPS) is 12.9. The summed E-state index contributed by atoms with van der Waals surface area (Å²) in [6.45, 7) is 3.26. The lowest BCUT2D eigenvalue weighted by Crippen LogP contribution is -2.57. The fourth-order valence-corrected chi connectivity index (χ4v) is 3.10. The van der Waals surface area contributed by atoms with Gasteiger partial charge in [-0.1, -0.05) is 50.7 Å². The number of carboxylic acid groups (broad SMARTS) is 1. The minimum atomic E-state index is -1.55. The van der Waals surface area contributed by atoms with Crippen LogP contribution in [0.5, 0.6) is 0 Å². The summed E-state index contributed by atoms with van der Waals surface area (Å²) in [7, 11) is 0. The molecular weight excluding hydrogens is 442 g/mol. The van der Waals surface area contributed by atoms with Crippen molar-refractivity contribution < 1.29 is 34.6 Å². The van der Waals surface area contributed by atoms with Gasteiger partial charge < -0.3 is 20.8 Å². The van der Waals surface area contributed by atoms with Crippen LogP contribution in [0.15, 0.2) is 48.5 Å². The maximum Gasteiger partial charge on any atom is 0.305 e. The molecule has 0 radical (unpaired) electrons. The number of carboxylic acids is 1. The van der Waals surface area contributed by atoms with E-state index in [0.717, 1.165) is 17.5 Å². The van der Waals surface area contributed by atoms with Crippen LogP contribution in [0, 0.1) is 0 Å². The molecule has 0 spiro atoms. The van der Waals surface area contributed by atoms with E-state index in [9.17, 15) is 24.3 Å². The van der Waals surface area contributed by atoms with E-state index in [2.05, 4.69) is 17.6 Å². The number of amides is 3. The van der Waals surface area contributed by atoms with Crippen molar-refractivity contribution in [1.29, 1.82) is 0 Å². The van der Waals surface area contributed by atoms with Gasteiger partial charge in [0.15, 0.2) is 0 Å². The Labute approximate surface area is 198 Å². The lowest BCUT2D eigenvalue weighted by Gasteiger charge is -2.23. The average Bonchev–Trinajstić information content (AvgIpc) is 2.81. The maximum atomic E-state index is 12.6. The number of benzene rings is 2. The van der Waals surface area contributed by atoms with Crippen molar-refractivity contribution in [2.24, 2.45) is 0 Å². The van der Waals surface area contributed by atoms with Crippen LogP contribution in [0.4, 0.5) is 0 Å². The van der Waals surface area contributed by atoms with Crippen LogP contribution in [0.25, 0.3) is 11.1 Å². The van der Waals surface area contributed by atoms with Crippen LogP contribution in [-0.2, 0) is 20.8 Å². The summed E-state index contributed by atoms with van der Waals surface area (Å²) in [5, 5.41) is 32.0. The van der Waals surface area contributed by atoms with Crippen LogP contribution in [-0.4, -0.2) is 57.3 Å². The summed E-state index contributed by atoms with van der Waals surface area (Å²) in [5.74, 6) is -4.15. The van der Waals surface area contributed by atoms with Gasteiger partial charge in [0.2, 0.25) is 5.91 Å². The molecule has 0 aliphatic rings. The third-order valence-electron chi connectivity index (χ3n) is 5.02. The number of carbonyl (C=O) groups excluding carboxylic acids is 3. The predicted molar refractivity (Wildman–Crippen MR) is 125 cm³/mol. The number of aryl methyl sites for hydroxylation is 1. The zero-order chi connectivity index (χ0) is 24.5. The average molecular weight is 474 g/mol. The van der Waals surface area contributed by atoms with Gasteiger partial charge in [-0.25, -0.2) is 5.48 Å². The van der Waals surface area contributed by atoms with E-state index in [4.69, 9.17) is 10.3 Å². The molecule has 0 saturated heterocycles. The van der Waals surface area contributed by atoms with Gasteiger partial charge >= 0.3 is 5.97 Å². The Morgan fingerprint density at radius 1 is 0.882 bits per heavy atom. The SMILES string of the molecule is C.CCc1ccc(-c2ccc(C(=O)N[C@@H](CC(=O)O)C(=O)N[C@H](C(=O)NO)[C@@H](C)O)cc2)cc1. The number of rotatable bonds is 10. The molecule has 10 nitrogen and oxygen atoms in total. The van der Waals surface area contributed by atoms with Gasteiger partial charge in [0, 0.05) is 5.56 Å². The molecular formula is C24H31N3O7. The van der Waals surface area contributed by atoms with Gasteiger partial charge in [0.25, 0.3) is 11.8 Å². The van der Waals surface area contributed by atoms with E-state index in [-0.39, 0.29) is 13.0 Å². The highest BCUT2D eigenvalue weighted by Crippen LogP contribution is 2.20. The fraction of sp³-hybridized carbons (Fsp3) is 0.333. The summed E-state index contributed by atoms with van der Waals surface area (Å²) in [6.07, 6.45) is -1.22. The van der Waals surface area contributed by atoms with Gasteiger partial charge in [0.1, 0.15) is 12.1 Å². The van der Waals surface area contributed by atoms with Gasteiger partial charge in [0.05, 0.1) is 12.5 Å². The summed E-state index contributed by atoms with van der Waals surface area (Å²) in [5.41, 5.74) is 4.55. The predicted octanol–water partition coefficient (Wildman–Crippen LogP) is 1.50. The number of aliphatic hydroxyl groups excluding tert-OH is 1. The fourth-order valence-electron chi connectivity index (χ4n) is 3.10. The molecule has 0 aromatic heterocycles. The number of aliphatic hydroxyl groups is 1. The molecule has 0 unspecified atom stereocenters. The highest BCUT2D eigenvalue weighted by Gasteiger charge is 2.31. The molecule has 0 saturated carbocycles. The number of hydroxylamine groups is 1. The topological polar surface area (TPSA) is 165 Å². The maximum absolute atomic E-state index is 12.6. The zero-order valence-corrected chi connectivity index (χ0v) is 18.2. The summed E-state index contributed by atoms with van der Waals surface area (Å²) in [6, 6.07) is 11.5. The second-order valence-corrected chi connectivity index (χ2v) is 7.45. The monoisotopic (exact) mass is 473 g/mol. The van der Waals surface area contributed by atoms with Gasteiger partial charge in [-0.2, -0.15) is 0 Å². The Kier molecular flexibility index (Phi) is 10.9. The minimum Gasteiger partial charge on any atom is -0.481 e. The van der Waals surface area contributed by atoms with Crippen molar-refractivity contribution in [3.63, 3.8) is 0 Å². The molecule has 10 heteroatoms. The van der Waals surface area contributed by atoms with Crippen LogP contribution in [0.3, 0.4) is 0 Å².